The first-order valence-electron chi connectivity index (χ1n) is 6.09. The topological polar surface area (TPSA) is 36.9 Å². The molecule has 0 aromatic carbocycles. The van der Waals surface area contributed by atoms with Gasteiger partial charge in [0.1, 0.15) is 5.82 Å². The molecule has 0 unspecified atom stereocenters. The molecule has 0 radical (unpaired) electrons. The molecular formula is C11H22N4S. The van der Waals surface area contributed by atoms with Gasteiger partial charge in [-0.3, -0.25) is 5.10 Å². The Kier molecular flexibility index (Phi) is 5.69. The molecule has 1 N–H and O–H groups in total. The Morgan fingerprint density at radius 3 is 2.62 bits per heavy atom. The van der Waals surface area contributed by atoms with Crippen LogP contribution in [0.5, 0.6) is 0 Å². The summed E-state index contributed by atoms with van der Waals surface area (Å²) in [5.74, 6) is 1.05. The zero-order valence-electron chi connectivity index (χ0n) is 10.5. The molecular weight excluding hydrogens is 220 g/mol. The van der Waals surface area contributed by atoms with Crippen LogP contribution in [0.25, 0.3) is 0 Å². The summed E-state index contributed by atoms with van der Waals surface area (Å²) in [7, 11) is 0. The second-order valence-corrected chi connectivity index (χ2v) is 4.27. The van der Waals surface area contributed by atoms with Crippen LogP contribution in [0.15, 0.2) is 0 Å². The fourth-order valence-electron chi connectivity index (χ4n) is 1.84. The van der Waals surface area contributed by atoms with Crippen molar-refractivity contribution >= 4 is 12.2 Å². The first kappa shape index (κ1) is 13.4. The van der Waals surface area contributed by atoms with Crippen LogP contribution in [0.3, 0.4) is 0 Å². The minimum absolute atomic E-state index is 0.740. The van der Waals surface area contributed by atoms with Gasteiger partial charge in [0.2, 0.25) is 0 Å². The van der Waals surface area contributed by atoms with E-state index in [0.717, 1.165) is 43.2 Å². The normalized spacial score (nSPS) is 11.2. The summed E-state index contributed by atoms with van der Waals surface area (Å²) in [5, 5.41) is 7.07. The van der Waals surface area contributed by atoms with E-state index in [1.54, 1.807) is 0 Å². The number of rotatable bonds is 7. The van der Waals surface area contributed by atoms with Gasteiger partial charge in [-0.1, -0.05) is 20.8 Å². The predicted octanol–water partition coefficient (Wildman–Crippen LogP) is 2.23. The van der Waals surface area contributed by atoms with Crippen molar-refractivity contribution < 1.29 is 0 Å². The Morgan fingerprint density at radius 1 is 1.31 bits per heavy atom. The average molecular weight is 242 g/mol. The highest BCUT2D eigenvalue weighted by Crippen LogP contribution is 2.00. The molecule has 0 aliphatic heterocycles. The highest BCUT2D eigenvalue weighted by atomic mass is 32.1. The summed E-state index contributed by atoms with van der Waals surface area (Å²) >= 11 is 5.22. The number of nitrogens with one attached hydrogen (secondary N) is 1. The number of hydrogen-bond donors (Lipinski definition) is 1. The van der Waals surface area contributed by atoms with E-state index in [9.17, 15) is 0 Å². The lowest BCUT2D eigenvalue weighted by atomic mass is 10.4. The number of aryl methyl sites for hydroxylation is 1. The van der Waals surface area contributed by atoms with Crippen molar-refractivity contribution in [3.05, 3.63) is 10.6 Å². The molecule has 4 nitrogen and oxygen atoms in total. The maximum atomic E-state index is 5.22. The van der Waals surface area contributed by atoms with Gasteiger partial charge in [0.25, 0.3) is 0 Å². The summed E-state index contributed by atoms with van der Waals surface area (Å²) in [5.41, 5.74) is 0. The maximum absolute atomic E-state index is 5.22. The third kappa shape index (κ3) is 3.42. The number of aromatic nitrogens is 3. The molecule has 0 bridgehead atoms. The summed E-state index contributed by atoms with van der Waals surface area (Å²) in [6.07, 6.45) is 2.12. The molecule has 0 saturated heterocycles. The van der Waals surface area contributed by atoms with Gasteiger partial charge in [-0.2, -0.15) is 5.10 Å². The molecule has 0 aliphatic rings. The lowest BCUT2D eigenvalue weighted by molar-refractivity contribution is 0.275. The van der Waals surface area contributed by atoms with Crippen molar-refractivity contribution in [3.8, 4) is 0 Å². The van der Waals surface area contributed by atoms with Crippen LogP contribution in [-0.2, 0) is 13.0 Å². The Morgan fingerprint density at radius 2 is 2.06 bits per heavy atom. The standard InChI is InChI=1S/C11H22N4S/c1-4-7-14(6-3)8-9-15-10(5-2)12-13-11(15)16/h4-9H2,1-3H3,(H,13,16). The lowest BCUT2D eigenvalue weighted by Crippen LogP contribution is -2.28. The molecule has 0 fully saturated rings. The molecule has 1 aromatic rings. The molecule has 0 aliphatic carbocycles. The van der Waals surface area contributed by atoms with Crippen molar-refractivity contribution in [1.29, 1.82) is 0 Å². The number of likely N-dealkylation sites (N-methyl/N-ethyl adjacent to an activating group) is 1. The van der Waals surface area contributed by atoms with Crippen LogP contribution in [0.1, 0.15) is 33.0 Å². The molecule has 0 atom stereocenters. The number of nitrogens with zero attached hydrogens (tertiary/aromatic N) is 3. The monoisotopic (exact) mass is 242 g/mol. The molecule has 1 heterocycles. The molecule has 0 amide bonds. The highest BCUT2D eigenvalue weighted by molar-refractivity contribution is 7.71. The fourth-order valence-corrected chi connectivity index (χ4v) is 2.08. The van der Waals surface area contributed by atoms with Crippen LogP contribution in [0.4, 0.5) is 0 Å². The quantitative estimate of drug-likeness (QED) is 0.745. The third-order valence-electron chi connectivity index (χ3n) is 2.78. The number of hydrogen-bond acceptors (Lipinski definition) is 3. The van der Waals surface area contributed by atoms with Crippen LogP contribution in [0, 0.1) is 4.77 Å². The van der Waals surface area contributed by atoms with Crippen molar-refractivity contribution in [2.24, 2.45) is 0 Å². The Labute approximate surface area is 103 Å². The van der Waals surface area contributed by atoms with Gasteiger partial charge in [-0.25, -0.2) is 0 Å². The maximum Gasteiger partial charge on any atom is 0.195 e. The van der Waals surface area contributed by atoms with Gasteiger partial charge in [0.15, 0.2) is 4.77 Å². The molecule has 1 rings (SSSR count). The SMILES string of the molecule is CCCN(CC)CCn1c(CC)n[nH]c1=S. The van der Waals surface area contributed by atoms with Gasteiger partial charge >= 0.3 is 0 Å². The van der Waals surface area contributed by atoms with E-state index in [4.69, 9.17) is 12.2 Å². The van der Waals surface area contributed by atoms with Crippen LogP contribution in [-0.4, -0.2) is 39.3 Å². The number of H-pyrrole nitrogens is 1. The van der Waals surface area contributed by atoms with Crippen molar-refractivity contribution in [2.75, 3.05) is 19.6 Å². The summed E-state index contributed by atoms with van der Waals surface area (Å²) in [4.78, 5) is 2.44. The predicted molar refractivity (Wildman–Crippen MR) is 69.2 cm³/mol. The van der Waals surface area contributed by atoms with E-state index in [0.29, 0.717) is 0 Å². The van der Waals surface area contributed by atoms with Gasteiger partial charge in [0, 0.05) is 19.5 Å². The van der Waals surface area contributed by atoms with E-state index >= 15 is 0 Å². The van der Waals surface area contributed by atoms with E-state index in [1.807, 2.05) is 0 Å². The summed E-state index contributed by atoms with van der Waals surface area (Å²) in [6, 6.07) is 0. The molecule has 16 heavy (non-hydrogen) atoms. The van der Waals surface area contributed by atoms with Crippen molar-refractivity contribution in [2.45, 2.75) is 40.2 Å². The first-order chi connectivity index (χ1) is 7.72. The summed E-state index contributed by atoms with van der Waals surface area (Å²) in [6.45, 7) is 10.8. The largest absolute Gasteiger partial charge is 0.303 e. The van der Waals surface area contributed by atoms with Gasteiger partial charge in [-0.15, -0.1) is 0 Å². The average Bonchev–Trinajstić information content (AvgIpc) is 2.65. The Hall–Kier alpha value is -0.680. The molecule has 0 saturated carbocycles. The second kappa shape index (κ2) is 6.81. The van der Waals surface area contributed by atoms with Crippen LogP contribution >= 0.6 is 12.2 Å². The zero-order chi connectivity index (χ0) is 12.0. The minimum Gasteiger partial charge on any atom is -0.303 e. The third-order valence-corrected chi connectivity index (χ3v) is 3.09. The molecule has 0 spiro atoms. The van der Waals surface area contributed by atoms with E-state index in [1.165, 1.54) is 6.42 Å². The fraction of sp³-hybridized carbons (Fsp3) is 0.818. The molecule has 1 aromatic heterocycles. The highest BCUT2D eigenvalue weighted by Gasteiger charge is 2.06. The van der Waals surface area contributed by atoms with Gasteiger partial charge < -0.3 is 9.47 Å². The van der Waals surface area contributed by atoms with E-state index in [2.05, 4.69) is 40.4 Å². The van der Waals surface area contributed by atoms with E-state index < -0.39 is 0 Å². The van der Waals surface area contributed by atoms with Crippen LogP contribution < -0.4 is 0 Å². The number of aromatic amines is 1. The molecule has 92 valence electrons. The minimum atomic E-state index is 0.740. The van der Waals surface area contributed by atoms with Crippen molar-refractivity contribution in [3.63, 3.8) is 0 Å². The second-order valence-electron chi connectivity index (χ2n) is 3.88. The molecule has 5 heteroatoms. The Bertz CT molecular complexity index is 355. The Balaban J connectivity index is 2.59. The lowest BCUT2D eigenvalue weighted by Gasteiger charge is -2.19. The van der Waals surface area contributed by atoms with Gasteiger partial charge in [-0.05, 0) is 31.7 Å². The first-order valence-corrected chi connectivity index (χ1v) is 6.50. The van der Waals surface area contributed by atoms with Crippen molar-refractivity contribution in [1.82, 2.24) is 19.7 Å². The van der Waals surface area contributed by atoms with E-state index in [-0.39, 0.29) is 0 Å². The smallest absolute Gasteiger partial charge is 0.195 e. The van der Waals surface area contributed by atoms with Gasteiger partial charge in [0.05, 0.1) is 0 Å². The zero-order valence-corrected chi connectivity index (χ0v) is 11.3. The summed E-state index contributed by atoms with van der Waals surface area (Å²) < 4.78 is 2.85. The van der Waals surface area contributed by atoms with Crippen LogP contribution in [0.2, 0.25) is 0 Å².